The SMILES string of the molecule is Cc1nc(COc2ccc(C=CC(=O)c3ccc([N+](=O)[O-])cc3)cc2)no1. The number of carbonyl (C=O) groups is 1. The Hall–Kier alpha value is -3.81. The van der Waals surface area contributed by atoms with E-state index >= 15 is 0 Å². The molecule has 0 aliphatic heterocycles. The molecular formula is C19H15N3O5. The van der Waals surface area contributed by atoms with Crippen molar-refractivity contribution in [1.29, 1.82) is 0 Å². The summed E-state index contributed by atoms with van der Waals surface area (Å²) in [6, 6.07) is 12.6. The number of nitro benzene ring substituents is 1. The van der Waals surface area contributed by atoms with E-state index in [2.05, 4.69) is 10.1 Å². The van der Waals surface area contributed by atoms with Gasteiger partial charge in [0.15, 0.2) is 12.4 Å². The minimum absolute atomic E-state index is 0.0536. The van der Waals surface area contributed by atoms with Gasteiger partial charge in [-0.25, -0.2) is 0 Å². The normalized spacial score (nSPS) is 10.9. The largest absolute Gasteiger partial charge is 0.485 e. The van der Waals surface area contributed by atoms with Crippen molar-refractivity contribution < 1.29 is 19.0 Å². The van der Waals surface area contributed by atoms with E-state index in [0.717, 1.165) is 5.56 Å². The zero-order chi connectivity index (χ0) is 19.2. The van der Waals surface area contributed by atoms with Crippen LogP contribution < -0.4 is 4.74 Å². The highest BCUT2D eigenvalue weighted by Crippen LogP contribution is 2.16. The third-order valence-electron chi connectivity index (χ3n) is 3.61. The van der Waals surface area contributed by atoms with E-state index < -0.39 is 4.92 Å². The Kier molecular flexibility index (Phi) is 5.36. The molecule has 136 valence electrons. The van der Waals surface area contributed by atoms with Gasteiger partial charge in [0, 0.05) is 24.6 Å². The Morgan fingerprint density at radius 2 is 1.89 bits per heavy atom. The Bertz CT molecular complexity index is 975. The number of ether oxygens (including phenoxy) is 1. The van der Waals surface area contributed by atoms with Crippen LogP contribution in [0.3, 0.4) is 0 Å². The first-order valence-corrected chi connectivity index (χ1v) is 8.00. The second-order valence-electron chi connectivity index (χ2n) is 5.59. The molecule has 0 fully saturated rings. The maximum atomic E-state index is 12.1. The summed E-state index contributed by atoms with van der Waals surface area (Å²) in [5.74, 6) is 1.34. The molecule has 3 aromatic rings. The first-order valence-electron chi connectivity index (χ1n) is 8.00. The smallest absolute Gasteiger partial charge is 0.269 e. The lowest BCUT2D eigenvalue weighted by Gasteiger charge is -2.03. The molecule has 0 spiro atoms. The fourth-order valence-electron chi connectivity index (χ4n) is 2.24. The van der Waals surface area contributed by atoms with Crippen molar-refractivity contribution in [3.05, 3.63) is 87.6 Å². The van der Waals surface area contributed by atoms with E-state index in [-0.39, 0.29) is 18.1 Å². The molecule has 0 atom stereocenters. The summed E-state index contributed by atoms with van der Waals surface area (Å²) in [6.07, 6.45) is 3.08. The van der Waals surface area contributed by atoms with Gasteiger partial charge in [0.25, 0.3) is 5.69 Å². The van der Waals surface area contributed by atoms with Gasteiger partial charge in [-0.05, 0) is 35.9 Å². The third kappa shape index (κ3) is 4.85. The molecule has 0 unspecified atom stereocenters. The lowest BCUT2D eigenvalue weighted by molar-refractivity contribution is -0.384. The number of aryl methyl sites for hydroxylation is 1. The van der Waals surface area contributed by atoms with Gasteiger partial charge < -0.3 is 9.26 Å². The Morgan fingerprint density at radius 1 is 1.19 bits per heavy atom. The van der Waals surface area contributed by atoms with Crippen molar-refractivity contribution in [2.75, 3.05) is 0 Å². The lowest BCUT2D eigenvalue weighted by atomic mass is 10.1. The molecule has 0 bridgehead atoms. The summed E-state index contributed by atoms with van der Waals surface area (Å²) < 4.78 is 10.4. The number of rotatable bonds is 7. The van der Waals surface area contributed by atoms with Crippen LogP contribution >= 0.6 is 0 Å². The van der Waals surface area contributed by atoms with Crippen molar-refractivity contribution in [2.24, 2.45) is 0 Å². The highest BCUT2D eigenvalue weighted by molar-refractivity contribution is 6.06. The van der Waals surface area contributed by atoms with Crippen molar-refractivity contribution in [3.8, 4) is 5.75 Å². The molecule has 8 nitrogen and oxygen atoms in total. The average Bonchev–Trinajstić information content (AvgIpc) is 3.10. The number of carbonyl (C=O) groups excluding carboxylic acids is 1. The van der Waals surface area contributed by atoms with E-state index in [4.69, 9.17) is 9.26 Å². The molecule has 27 heavy (non-hydrogen) atoms. The van der Waals surface area contributed by atoms with Gasteiger partial charge in [-0.15, -0.1) is 0 Å². The molecule has 0 amide bonds. The standard InChI is InChI=1S/C19H15N3O5/c1-13-20-19(21-27-13)12-26-17-9-2-14(3-10-17)4-11-18(23)15-5-7-16(8-6-15)22(24)25/h2-11H,12H2,1H3. The molecular weight excluding hydrogens is 350 g/mol. The fraction of sp³-hybridized carbons (Fsp3) is 0.105. The Morgan fingerprint density at radius 3 is 2.48 bits per heavy atom. The summed E-state index contributed by atoms with van der Waals surface area (Å²) in [6.45, 7) is 1.90. The molecule has 0 saturated carbocycles. The van der Waals surface area contributed by atoms with Crippen LogP contribution in [-0.2, 0) is 6.61 Å². The fourth-order valence-corrected chi connectivity index (χ4v) is 2.24. The van der Waals surface area contributed by atoms with Crippen LogP contribution in [-0.4, -0.2) is 20.8 Å². The first kappa shape index (κ1) is 18.0. The highest BCUT2D eigenvalue weighted by atomic mass is 16.6. The summed E-state index contributed by atoms with van der Waals surface area (Å²) >= 11 is 0. The molecule has 0 radical (unpaired) electrons. The number of benzene rings is 2. The van der Waals surface area contributed by atoms with Gasteiger partial charge in [0.2, 0.25) is 11.7 Å². The van der Waals surface area contributed by atoms with Gasteiger partial charge in [0.1, 0.15) is 5.75 Å². The number of allylic oxidation sites excluding steroid dienone is 1. The van der Waals surface area contributed by atoms with Crippen LogP contribution in [0.4, 0.5) is 5.69 Å². The number of non-ortho nitro benzene ring substituents is 1. The molecule has 0 aliphatic rings. The maximum Gasteiger partial charge on any atom is 0.269 e. The Balaban J connectivity index is 1.58. The van der Waals surface area contributed by atoms with Crippen LogP contribution in [0, 0.1) is 17.0 Å². The molecule has 1 heterocycles. The van der Waals surface area contributed by atoms with E-state index in [9.17, 15) is 14.9 Å². The zero-order valence-corrected chi connectivity index (χ0v) is 14.4. The van der Waals surface area contributed by atoms with Crippen molar-refractivity contribution >= 4 is 17.5 Å². The summed E-state index contributed by atoms with van der Waals surface area (Å²) in [5, 5.41) is 14.4. The van der Waals surface area contributed by atoms with Crippen LogP contribution in [0.2, 0.25) is 0 Å². The third-order valence-corrected chi connectivity index (χ3v) is 3.61. The lowest BCUT2D eigenvalue weighted by Crippen LogP contribution is -1.97. The topological polar surface area (TPSA) is 108 Å². The van der Waals surface area contributed by atoms with Crippen LogP contribution in [0.25, 0.3) is 6.08 Å². The van der Waals surface area contributed by atoms with Crippen LogP contribution in [0.1, 0.15) is 27.6 Å². The summed E-state index contributed by atoms with van der Waals surface area (Å²) in [5.41, 5.74) is 1.14. The predicted octanol–water partition coefficient (Wildman–Crippen LogP) is 3.76. The first-order chi connectivity index (χ1) is 13.0. The Labute approximate surface area is 154 Å². The number of nitrogens with zero attached hydrogens (tertiary/aromatic N) is 3. The molecule has 0 saturated heterocycles. The van der Waals surface area contributed by atoms with E-state index in [1.54, 1.807) is 37.3 Å². The molecule has 0 aliphatic carbocycles. The van der Waals surface area contributed by atoms with Gasteiger partial charge in [-0.2, -0.15) is 4.98 Å². The number of hydrogen-bond acceptors (Lipinski definition) is 7. The van der Waals surface area contributed by atoms with Gasteiger partial charge in [0.05, 0.1) is 4.92 Å². The number of hydrogen-bond donors (Lipinski definition) is 0. The monoisotopic (exact) mass is 365 g/mol. The number of ketones is 1. The van der Waals surface area contributed by atoms with Crippen LogP contribution in [0.5, 0.6) is 5.75 Å². The molecule has 0 N–H and O–H groups in total. The van der Waals surface area contributed by atoms with Crippen molar-refractivity contribution in [3.63, 3.8) is 0 Å². The number of aromatic nitrogens is 2. The minimum atomic E-state index is -0.506. The summed E-state index contributed by atoms with van der Waals surface area (Å²) in [4.78, 5) is 26.3. The second-order valence-corrected chi connectivity index (χ2v) is 5.59. The molecule has 2 aromatic carbocycles. The van der Waals surface area contributed by atoms with E-state index in [1.165, 1.54) is 30.3 Å². The quantitative estimate of drug-likeness (QED) is 0.271. The molecule has 8 heteroatoms. The van der Waals surface area contributed by atoms with Crippen molar-refractivity contribution in [2.45, 2.75) is 13.5 Å². The highest BCUT2D eigenvalue weighted by Gasteiger charge is 2.07. The second kappa shape index (κ2) is 8.05. The zero-order valence-electron chi connectivity index (χ0n) is 14.4. The predicted molar refractivity (Wildman–Crippen MR) is 96.3 cm³/mol. The van der Waals surface area contributed by atoms with E-state index in [0.29, 0.717) is 23.0 Å². The maximum absolute atomic E-state index is 12.1. The van der Waals surface area contributed by atoms with Crippen molar-refractivity contribution in [1.82, 2.24) is 10.1 Å². The minimum Gasteiger partial charge on any atom is -0.485 e. The van der Waals surface area contributed by atoms with Gasteiger partial charge in [-0.3, -0.25) is 14.9 Å². The van der Waals surface area contributed by atoms with Gasteiger partial charge >= 0.3 is 0 Å². The molecule has 3 rings (SSSR count). The van der Waals surface area contributed by atoms with Crippen LogP contribution in [0.15, 0.2) is 59.1 Å². The average molecular weight is 365 g/mol. The van der Waals surface area contributed by atoms with Gasteiger partial charge in [-0.1, -0.05) is 23.4 Å². The van der Waals surface area contributed by atoms with E-state index in [1.807, 2.05) is 0 Å². The molecule has 1 aromatic heterocycles. The summed E-state index contributed by atoms with van der Waals surface area (Å²) in [7, 11) is 0. The number of nitro groups is 1.